The Kier molecular flexibility index (Phi) is 9.24. The van der Waals surface area contributed by atoms with E-state index in [0.717, 1.165) is 16.2 Å². The summed E-state index contributed by atoms with van der Waals surface area (Å²) in [6.45, 7) is 8.20. The van der Waals surface area contributed by atoms with Crippen molar-refractivity contribution in [2.45, 2.75) is 57.6 Å². The molecule has 0 aromatic heterocycles. The van der Waals surface area contributed by atoms with Gasteiger partial charge in [0.15, 0.2) is 0 Å². The number of amides is 2. The lowest BCUT2D eigenvalue weighted by atomic mass is 10.1. The number of nitrogens with zero attached hydrogens (tertiary/aromatic N) is 1. The van der Waals surface area contributed by atoms with Crippen molar-refractivity contribution in [3.8, 4) is 5.75 Å². The number of rotatable bonds is 10. The summed E-state index contributed by atoms with van der Waals surface area (Å²) in [6.07, 6.45) is 0.551. The van der Waals surface area contributed by atoms with Gasteiger partial charge in [-0.25, -0.2) is 0 Å². The van der Waals surface area contributed by atoms with Gasteiger partial charge in [0.25, 0.3) is 0 Å². The van der Waals surface area contributed by atoms with Crippen LogP contribution in [0.5, 0.6) is 5.75 Å². The Morgan fingerprint density at radius 2 is 1.70 bits per heavy atom. The van der Waals surface area contributed by atoms with Crippen molar-refractivity contribution in [3.05, 3.63) is 59.7 Å². The fourth-order valence-electron chi connectivity index (χ4n) is 3.09. The summed E-state index contributed by atoms with van der Waals surface area (Å²) in [6, 6.07) is 15.2. The van der Waals surface area contributed by atoms with Crippen molar-refractivity contribution >= 4 is 23.6 Å². The van der Waals surface area contributed by atoms with E-state index in [1.807, 2.05) is 76.2 Å². The summed E-state index contributed by atoms with van der Waals surface area (Å²) in [5.41, 5.74) is 2.14. The fraction of sp³-hybridized carbons (Fsp3) is 0.417. The van der Waals surface area contributed by atoms with Crippen molar-refractivity contribution in [2.24, 2.45) is 0 Å². The number of carbonyl (C=O) groups excluding carboxylic acids is 2. The molecule has 0 heterocycles. The lowest BCUT2D eigenvalue weighted by Crippen LogP contribution is -2.50. The number of hydrogen-bond donors (Lipinski definition) is 1. The largest absolute Gasteiger partial charge is 0.497 e. The third-order valence-corrected chi connectivity index (χ3v) is 5.71. The maximum absolute atomic E-state index is 13.2. The van der Waals surface area contributed by atoms with Gasteiger partial charge < -0.3 is 15.0 Å². The zero-order valence-corrected chi connectivity index (χ0v) is 19.3. The number of methoxy groups -OCH3 is 1. The summed E-state index contributed by atoms with van der Waals surface area (Å²) in [4.78, 5) is 28.7. The number of benzene rings is 2. The molecule has 2 aromatic carbocycles. The van der Waals surface area contributed by atoms with Gasteiger partial charge in [-0.05, 0) is 57.0 Å². The minimum atomic E-state index is -0.513. The molecule has 0 radical (unpaired) electrons. The monoisotopic (exact) mass is 428 g/mol. The first-order valence-electron chi connectivity index (χ1n) is 10.3. The second-order valence-electron chi connectivity index (χ2n) is 7.56. The molecule has 5 nitrogen and oxygen atoms in total. The highest BCUT2D eigenvalue weighted by molar-refractivity contribution is 8.00. The maximum Gasteiger partial charge on any atom is 0.243 e. The van der Waals surface area contributed by atoms with E-state index in [4.69, 9.17) is 4.74 Å². The minimum Gasteiger partial charge on any atom is -0.497 e. The van der Waals surface area contributed by atoms with Crippen LogP contribution in [0.15, 0.2) is 53.4 Å². The van der Waals surface area contributed by atoms with Crippen LogP contribution in [-0.4, -0.2) is 41.7 Å². The molecule has 0 saturated heterocycles. The van der Waals surface area contributed by atoms with E-state index in [-0.39, 0.29) is 23.6 Å². The van der Waals surface area contributed by atoms with E-state index in [1.54, 1.807) is 12.0 Å². The third kappa shape index (κ3) is 7.10. The molecule has 162 valence electrons. The van der Waals surface area contributed by atoms with Crippen molar-refractivity contribution in [3.63, 3.8) is 0 Å². The van der Waals surface area contributed by atoms with Crippen molar-refractivity contribution < 1.29 is 14.3 Å². The maximum atomic E-state index is 13.2. The molecule has 6 heteroatoms. The van der Waals surface area contributed by atoms with Crippen LogP contribution in [0, 0.1) is 6.92 Å². The van der Waals surface area contributed by atoms with Gasteiger partial charge in [0, 0.05) is 17.5 Å². The molecule has 0 fully saturated rings. The molecule has 0 saturated carbocycles. The zero-order chi connectivity index (χ0) is 22.1. The summed E-state index contributed by atoms with van der Waals surface area (Å²) in [7, 11) is 1.62. The van der Waals surface area contributed by atoms with E-state index in [1.165, 1.54) is 17.3 Å². The molecule has 0 aliphatic rings. The average Bonchev–Trinajstić information content (AvgIpc) is 2.73. The predicted molar refractivity (Wildman–Crippen MR) is 123 cm³/mol. The molecule has 1 N–H and O–H groups in total. The Labute approximate surface area is 184 Å². The second-order valence-corrected chi connectivity index (χ2v) is 8.61. The van der Waals surface area contributed by atoms with Crippen molar-refractivity contribution in [1.82, 2.24) is 10.2 Å². The highest BCUT2D eigenvalue weighted by Crippen LogP contribution is 2.21. The van der Waals surface area contributed by atoms with Gasteiger partial charge in [-0.2, -0.15) is 0 Å². The molecule has 0 unspecified atom stereocenters. The minimum absolute atomic E-state index is 0.0198. The van der Waals surface area contributed by atoms with Crippen LogP contribution in [0.25, 0.3) is 0 Å². The summed E-state index contributed by atoms with van der Waals surface area (Å²) >= 11 is 1.49. The SMILES string of the molecule is CC[C@H](C(=O)NC(C)C)N(Cc1ccc(OC)cc1)C(=O)CSc1ccc(C)cc1. The molecule has 2 aromatic rings. The number of hydrogen-bond acceptors (Lipinski definition) is 4. The Hall–Kier alpha value is -2.47. The molecule has 0 aliphatic heterocycles. The Balaban J connectivity index is 2.19. The van der Waals surface area contributed by atoms with Gasteiger partial charge in [-0.1, -0.05) is 36.8 Å². The van der Waals surface area contributed by atoms with E-state index in [2.05, 4.69) is 5.32 Å². The molecule has 2 rings (SSSR count). The summed E-state index contributed by atoms with van der Waals surface area (Å²) in [5.74, 6) is 0.873. The van der Waals surface area contributed by atoms with Crippen LogP contribution in [0.4, 0.5) is 0 Å². The normalized spacial score (nSPS) is 11.8. The topological polar surface area (TPSA) is 58.6 Å². The Bertz CT molecular complexity index is 819. The van der Waals surface area contributed by atoms with E-state index in [9.17, 15) is 9.59 Å². The van der Waals surface area contributed by atoms with E-state index < -0.39 is 6.04 Å². The van der Waals surface area contributed by atoms with Gasteiger partial charge in [0.1, 0.15) is 11.8 Å². The Morgan fingerprint density at radius 3 is 2.23 bits per heavy atom. The molecule has 0 bridgehead atoms. The molecular weight excluding hydrogens is 396 g/mol. The van der Waals surface area contributed by atoms with Crippen molar-refractivity contribution in [1.29, 1.82) is 0 Å². The van der Waals surface area contributed by atoms with Gasteiger partial charge in [-0.15, -0.1) is 11.8 Å². The third-order valence-electron chi connectivity index (χ3n) is 4.71. The Morgan fingerprint density at radius 1 is 1.07 bits per heavy atom. The summed E-state index contributed by atoms with van der Waals surface area (Å²) in [5, 5.41) is 2.95. The van der Waals surface area contributed by atoms with Gasteiger partial charge >= 0.3 is 0 Å². The summed E-state index contributed by atoms with van der Waals surface area (Å²) < 4.78 is 5.22. The number of thioether (sulfide) groups is 1. The fourth-order valence-corrected chi connectivity index (χ4v) is 3.87. The van der Waals surface area contributed by atoms with Gasteiger partial charge in [0.2, 0.25) is 11.8 Å². The number of ether oxygens (including phenoxy) is 1. The molecule has 0 aliphatic carbocycles. The van der Waals surface area contributed by atoms with Crippen LogP contribution in [-0.2, 0) is 16.1 Å². The first kappa shape index (κ1) is 23.8. The highest BCUT2D eigenvalue weighted by atomic mass is 32.2. The quantitative estimate of drug-likeness (QED) is 0.569. The van der Waals surface area contributed by atoms with E-state index >= 15 is 0 Å². The molecule has 0 spiro atoms. The molecule has 1 atom stereocenters. The highest BCUT2D eigenvalue weighted by Gasteiger charge is 2.28. The zero-order valence-electron chi connectivity index (χ0n) is 18.5. The number of aryl methyl sites for hydroxylation is 1. The van der Waals surface area contributed by atoms with Crippen LogP contribution >= 0.6 is 11.8 Å². The van der Waals surface area contributed by atoms with Crippen LogP contribution in [0.2, 0.25) is 0 Å². The van der Waals surface area contributed by atoms with Crippen LogP contribution in [0.1, 0.15) is 38.3 Å². The molecule has 30 heavy (non-hydrogen) atoms. The number of nitrogens with one attached hydrogen (secondary N) is 1. The standard InChI is InChI=1S/C24H32N2O3S/c1-6-22(24(28)25-17(2)3)26(15-19-9-11-20(29-5)12-10-19)23(27)16-30-21-13-7-18(4)8-14-21/h7-14,17,22H,6,15-16H2,1-5H3,(H,25,28)/t22-/m1/s1. The van der Waals surface area contributed by atoms with Crippen LogP contribution in [0.3, 0.4) is 0 Å². The first-order chi connectivity index (χ1) is 14.3. The lowest BCUT2D eigenvalue weighted by Gasteiger charge is -2.31. The first-order valence-corrected chi connectivity index (χ1v) is 11.2. The van der Waals surface area contributed by atoms with Gasteiger partial charge in [0.05, 0.1) is 12.9 Å². The van der Waals surface area contributed by atoms with Crippen LogP contribution < -0.4 is 10.1 Å². The number of carbonyl (C=O) groups is 2. The second kappa shape index (κ2) is 11.6. The van der Waals surface area contributed by atoms with E-state index in [0.29, 0.717) is 13.0 Å². The smallest absolute Gasteiger partial charge is 0.243 e. The average molecular weight is 429 g/mol. The molecular formula is C24H32N2O3S. The lowest BCUT2D eigenvalue weighted by molar-refractivity contribution is -0.139. The van der Waals surface area contributed by atoms with Gasteiger partial charge in [-0.3, -0.25) is 9.59 Å². The predicted octanol–water partition coefficient (Wildman–Crippen LogP) is 4.43. The molecule has 2 amide bonds. The van der Waals surface area contributed by atoms with Crippen molar-refractivity contribution in [2.75, 3.05) is 12.9 Å².